The molecular weight excluding hydrogens is 360 g/mol. The zero-order valence-electron chi connectivity index (χ0n) is 15.4. The molecule has 7 heteroatoms. The predicted molar refractivity (Wildman–Crippen MR) is 106 cm³/mol. The minimum absolute atomic E-state index is 0.220. The predicted octanol–water partition coefficient (Wildman–Crippen LogP) is 2.86. The van der Waals surface area contributed by atoms with Gasteiger partial charge in [-0.2, -0.15) is 0 Å². The molecule has 0 atom stereocenters. The Kier molecular flexibility index (Phi) is 5.74. The highest BCUT2D eigenvalue weighted by molar-refractivity contribution is 5.95. The fourth-order valence-electron chi connectivity index (χ4n) is 2.84. The second kappa shape index (κ2) is 8.39. The molecule has 3 N–H and O–H groups in total. The molecule has 0 radical (unpaired) electrons. The van der Waals surface area contributed by atoms with E-state index in [1.54, 1.807) is 24.3 Å². The van der Waals surface area contributed by atoms with Crippen molar-refractivity contribution in [1.82, 2.24) is 0 Å². The highest BCUT2D eigenvalue weighted by Crippen LogP contribution is 2.23. The number of fused-ring (bicyclic) bond motifs is 1. The molecule has 0 aliphatic carbocycles. The van der Waals surface area contributed by atoms with Crippen molar-refractivity contribution in [2.75, 3.05) is 11.9 Å². The van der Waals surface area contributed by atoms with Crippen LogP contribution in [0.4, 0.5) is 5.69 Å². The molecule has 0 unspecified atom stereocenters. The molecule has 2 aromatic carbocycles. The van der Waals surface area contributed by atoms with Gasteiger partial charge in [0.05, 0.1) is 0 Å². The number of ether oxygens (including phenoxy) is 1. The van der Waals surface area contributed by atoms with Crippen molar-refractivity contribution in [2.24, 2.45) is 5.73 Å². The quantitative estimate of drug-likeness (QED) is 0.612. The number of hydrogen-bond acceptors (Lipinski definition) is 5. The first kappa shape index (κ1) is 19.2. The summed E-state index contributed by atoms with van der Waals surface area (Å²) in [4.78, 5) is 34.8. The third-order valence-corrected chi connectivity index (χ3v) is 4.14. The van der Waals surface area contributed by atoms with E-state index >= 15 is 0 Å². The standard InChI is InChI=1S/C21H20N2O5/c1-2-3-14-10-20(25)28-18-11-16(8-9-17(14)18)27-12-19(24)23-15-6-4-13(5-7-15)21(22)26/h4-11H,2-3,12H2,1H3,(H2,22,26)(H,23,24). The van der Waals surface area contributed by atoms with Gasteiger partial charge in [-0.1, -0.05) is 13.3 Å². The number of aryl methyl sites for hydroxylation is 1. The van der Waals surface area contributed by atoms with Crippen molar-refractivity contribution in [1.29, 1.82) is 0 Å². The lowest BCUT2D eigenvalue weighted by atomic mass is 10.1. The van der Waals surface area contributed by atoms with Crippen LogP contribution in [-0.4, -0.2) is 18.4 Å². The zero-order valence-corrected chi connectivity index (χ0v) is 15.4. The minimum Gasteiger partial charge on any atom is -0.484 e. The Balaban J connectivity index is 1.66. The molecule has 0 aliphatic rings. The van der Waals surface area contributed by atoms with Crippen molar-refractivity contribution in [2.45, 2.75) is 19.8 Å². The number of carbonyl (C=O) groups excluding carboxylic acids is 2. The van der Waals surface area contributed by atoms with Crippen molar-refractivity contribution >= 4 is 28.5 Å². The van der Waals surface area contributed by atoms with E-state index in [1.807, 2.05) is 13.0 Å². The van der Waals surface area contributed by atoms with Crippen molar-refractivity contribution in [3.8, 4) is 5.75 Å². The monoisotopic (exact) mass is 380 g/mol. The fourth-order valence-corrected chi connectivity index (χ4v) is 2.84. The van der Waals surface area contributed by atoms with E-state index in [-0.39, 0.29) is 12.5 Å². The Morgan fingerprint density at radius 1 is 1.11 bits per heavy atom. The summed E-state index contributed by atoms with van der Waals surface area (Å²) >= 11 is 0. The fraction of sp³-hybridized carbons (Fsp3) is 0.190. The van der Waals surface area contributed by atoms with Crippen molar-refractivity contribution in [3.05, 3.63) is 70.1 Å². The van der Waals surface area contributed by atoms with Gasteiger partial charge in [-0.05, 0) is 48.4 Å². The van der Waals surface area contributed by atoms with E-state index in [1.165, 1.54) is 18.2 Å². The second-order valence-corrected chi connectivity index (χ2v) is 6.28. The van der Waals surface area contributed by atoms with E-state index < -0.39 is 11.5 Å². The van der Waals surface area contributed by atoms with E-state index in [9.17, 15) is 14.4 Å². The van der Waals surface area contributed by atoms with Crippen molar-refractivity contribution < 1.29 is 18.7 Å². The first-order valence-electron chi connectivity index (χ1n) is 8.85. The molecule has 3 aromatic rings. The van der Waals surface area contributed by atoms with Gasteiger partial charge in [0.1, 0.15) is 11.3 Å². The second-order valence-electron chi connectivity index (χ2n) is 6.28. The summed E-state index contributed by atoms with van der Waals surface area (Å²) in [5.41, 5.74) is 7.00. The van der Waals surface area contributed by atoms with Gasteiger partial charge in [-0.3, -0.25) is 9.59 Å². The average molecular weight is 380 g/mol. The largest absolute Gasteiger partial charge is 0.484 e. The molecule has 144 valence electrons. The van der Waals surface area contributed by atoms with Gasteiger partial charge in [-0.15, -0.1) is 0 Å². The number of anilines is 1. The Morgan fingerprint density at radius 3 is 2.54 bits per heavy atom. The summed E-state index contributed by atoms with van der Waals surface area (Å²) in [6, 6.07) is 12.9. The van der Waals surface area contributed by atoms with Crippen LogP contribution in [0.2, 0.25) is 0 Å². The van der Waals surface area contributed by atoms with Gasteiger partial charge in [0.2, 0.25) is 5.91 Å². The van der Waals surface area contributed by atoms with Crippen LogP contribution in [-0.2, 0) is 11.2 Å². The number of benzene rings is 2. The Bertz CT molecular complexity index is 1070. The van der Waals surface area contributed by atoms with E-state index in [0.717, 1.165) is 23.8 Å². The lowest BCUT2D eigenvalue weighted by molar-refractivity contribution is -0.118. The molecule has 0 spiro atoms. The zero-order chi connectivity index (χ0) is 20.1. The third kappa shape index (κ3) is 4.56. The molecule has 3 rings (SSSR count). The normalized spacial score (nSPS) is 10.6. The van der Waals surface area contributed by atoms with Crippen LogP contribution in [0, 0.1) is 0 Å². The summed E-state index contributed by atoms with van der Waals surface area (Å²) in [7, 11) is 0. The van der Waals surface area contributed by atoms with Crippen LogP contribution in [0.1, 0.15) is 29.3 Å². The number of hydrogen-bond donors (Lipinski definition) is 2. The van der Waals surface area contributed by atoms with Gasteiger partial charge in [0.25, 0.3) is 5.91 Å². The molecule has 0 saturated carbocycles. The molecule has 7 nitrogen and oxygen atoms in total. The van der Waals surface area contributed by atoms with Gasteiger partial charge in [0.15, 0.2) is 6.61 Å². The lowest BCUT2D eigenvalue weighted by Gasteiger charge is -2.09. The summed E-state index contributed by atoms with van der Waals surface area (Å²) < 4.78 is 10.7. The maximum atomic E-state index is 12.1. The van der Waals surface area contributed by atoms with Crippen LogP contribution in [0.25, 0.3) is 11.0 Å². The van der Waals surface area contributed by atoms with Gasteiger partial charge in [0, 0.05) is 28.8 Å². The Labute approximate surface area is 161 Å². The van der Waals surface area contributed by atoms with Crippen LogP contribution in [0.5, 0.6) is 5.75 Å². The molecule has 0 fully saturated rings. The van der Waals surface area contributed by atoms with Crippen LogP contribution >= 0.6 is 0 Å². The molecular formula is C21H20N2O5. The summed E-state index contributed by atoms with van der Waals surface area (Å²) in [6.45, 7) is 1.82. The summed E-state index contributed by atoms with van der Waals surface area (Å²) in [5.74, 6) is -0.483. The minimum atomic E-state index is -0.536. The molecule has 0 bridgehead atoms. The average Bonchev–Trinajstić information content (AvgIpc) is 2.66. The molecule has 0 saturated heterocycles. The van der Waals surface area contributed by atoms with Crippen LogP contribution in [0.3, 0.4) is 0 Å². The molecule has 1 aromatic heterocycles. The van der Waals surface area contributed by atoms with Crippen molar-refractivity contribution in [3.63, 3.8) is 0 Å². The van der Waals surface area contributed by atoms with Crippen LogP contribution in [0.15, 0.2) is 57.7 Å². The number of primary amides is 1. The SMILES string of the molecule is CCCc1cc(=O)oc2cc(OCC(=O)Nc3ccc(C(N)=O)cc3)ccc12. The lowest BCUT2D eigenvalue weighted by Crippen LogP contribution is -2.20. The molecule has 28 heavy (non-hydrogen) atoms. The van der Waals surface area contributed by atoms with Gasteiger partial charge >= 0.3 is 5.63 Å². The number of nitrogens with two attached hydrogens (primary N) is 1. The summed E-state index contributed by atoms with van der Waals surface area (Å²) in [6.07, 6.45) is 1.69. The first-order chi connectivity index (χ1) is 13.5. The van der Waals surface area contributed by atoms with E-state index in [0.29, 0.717) is 22.6 Å². The topological polar surface area (TPSA) is 112 Å². The van der Waals surface area contributed by atoms with E-state index in [2.05, 4.69) is 5.32 Å². The van der Waals surface area contributed by atoms with Gasteiger partial charge < -0.3 is 20.2 Å². The maximum absolute atomic E-state index is 12.1. The molecule has 2 amide bonds. The Morgan fingerprint density at radius 2 is 1.86 bits per heavy atom. The number of rotatable bonds is 7. The number of amides is 2. The smallest absolute Gasteiger partial charge is 0.336 e. The Hall–Kier alpha value is -3.61. The maximum Gasteiger partial charge on any atom is 0.336 e. The number of carbonyl (C=O) groups is 2. The third-order valence-electron chi connectivity index (χ3n) is 4.14. The highest BCUT2D eigenvalue weighted by atomic mass is 16.5. The van der Waals surface area contributed by atoms with Gasteiger partial charge in [-0.25, -0.2) is 4.79 Å². The first-order valence-corrected chi connectivity index (χ1v) is 8.85. The molecule has 0 aliphatic heterocycles. The highest BCUT2D eigenvalue weighted by Gasteiger charge is 2.09. The van der Waals surface area contributed by atoms with E-state index in [4.69, 9.17) is 14.9 Å². The van der Waals surface area contributed by atoms with Crippen LogP contribution < -0.4 is 21.4 Å². The summed E-state index contributed by atoms with van der Waals surface area (Å²) in [5, 5.41) is 3.52. The molecule has 1 heterocycles. The number of nitrogens with one attached hydrogen (secondary N) is 1.